The SMILES string of the molecule is C=Cc1ccc(Cn2cc[n+](C)c2)cc1. The maximum atomic E-state index is 3.74. The Morgan fingerprint density at radius 1 is 1.33 bits per heavy atom. The molecule has 76 valence electrons. The van der Waals surface area contributed by atoms with Gasteiger partial charge >= 0.3 is 0 Å². The van der Waals surface area contributed by atoms with Gasteiger partial charge in [-0.05, 0) is 11.1 Å². The Hall–Kier alpha value is -1.83. The quantitative estimate of drug-likeness (QED) is 0.669. The fourth-order valence-corrected chi connectivity index (χ4v) is 1.57. The molecule has 0 unspecified atom stereocenters. The van der Waals surface area contributed by atoms with Crippen LogP contribution in [0.15, 0.2) is 49.6 Å². The number of aromatic nitrogens is 2. The van der Waals surface area contributed by atoms with E-state index in [1.165, 1.54) is 5.56 Å². The second-order valence-corrected chi connectivity index (χ2v) is 3.70. The van der Waals surface area contributed by atoms with Crippen LogP contribution in [0, 0.1) is 0 Å². The maximum Gasteiger partial charge on any atom is 0.243 e. The maximum absolute atomic E-state index is 3.74. The van der Waals surface area contributed by atoms with E-state index in [0.717, 1.165) is 12.1 Å². The van der Waals surface area contributed by atoms with E-state index >= 15 is 0 Å². The first-order chi connectivity index (χ1) is 7.28. The van der Waals surface area contributed by atoms with Crippen LogP contribution in [0.3, 0.4) is 0 Å². The van der Waals surface area contributed by atoms with Crippen molar-refractivity contribution >= 4 is 6.08 Å². The van der Waals surface area contributed by atoms with E-state index < -0.39 is 0 Å². The Bertz CT molecular complexity index is 452. The largest absolute Gasteiger partial charge is 0.243 e. The van der Waals surface area contributed by atoms with Gasteiger partial charge in [0, 0.05) is 0 Å². The molecule has 2 aromatic rings. The lowest BCUT2D eigenvalue weighted by Gasteiger charge is -1.98. The zero-order valence-electron chi connectivity index (χ0n) is 8.93. The lowest BCUT2D eigenvalue weighted by Crippen LogP contribution is -2.23. The van der Waals surface area contributed by atoms with E-state index in [2.05, 4.69) is 47.9 Å². The van der Waals surface area contributed by atoms with Crippen molar-refractivity contribution in [3.63, 3.8) is 0 Å². The summed E-state index contributed by atoms with van der Waals surface area (Å²) in [5.41, 5.74) is 2.47. The second kappa shape index (κ2) is 4.13. The van der Waals surface area contributed by atoms with Crippen molar-refractivity contribution in [3.8, 4) is 0 Å². The molecule has 1 aromatic carbocycles. The molecule has 0 radical (unpaired) electrons. The first-order valence-corrected chi connectivity index (χ1v) is 5.00. The zero-order chi connectivity index (χ0) is 10.7. The monoisotopic (exact) mass is 199 g/mol. The molecule has 2 rings (SSSR count). The number of imidazole rings is 1. The highest BCUT2D eigenvalue weighted by Crippen LogP contribution is 2.06. The lowest BCUT2D eigenvalue weighted by atomic mass is 10.1. The van der Waals surface area contributed by atoms with Crippen LogP contribution in [-0.4, -0.2) is 4.57 Å². The molecule has 2 heteroatoms. The van der Waals surface area contributed by atoms with Crippen molar-refractivity contribution in [2.24, 2.45) is 7.05 Å². The number of nitrogens with zero attached hydrogens (tertiary/aromatic N) is 2. The predicted molar refractivity (Wildman–Crippen MR) is 61.2 cm³/mol. The molecule has 0 N–H and O–H groups in total. The standard InChI is InChI=1S/C13H15N2/c1-3-12-4-6-13(7-5-12)10-15-9-8-14(2)11-15/h3-9,11H,1,10H2,2H3/q+1. The third-order valence-electron chi connectivity index (χ3n) is 2.40. The van der Waals surface area contributed by atoms with Crippen LogP contribution < -0.4 is 4.57 Å². The molecular weight excluding hydrogens is 184 g/mol. The molecule has 0 saturated heterocycles. The molecule has 0 saturated carbocycles. The highest BCUT2D eigenvalue weighted by atomic mass is 15.1. The molecule has 0 atom stereocenters. The van der Waals surface area contributed by atoms with Gasteiger partial charge in [0.25, 0.3) is 0 Å². The van der Waals surface area contributed by atoms with Gasteiger partial charge in [-0.3, -0.25) is 0 Å². The first kappa shape index (κ1) is 9.71. The predicted octanol–water partition coefficient (Wildman–Crippen LogP) is 2.00. The highest BCUT2D eigenvalue weighted by molar-refractivity contribution is 5.47. The Morgan fingerprint density at radius 3 is 2.60 bits per heavy atom. The fraction of sp³-hybridized carbons (Fsp3) is 0.154. The van der Waals surface area contributed by atoms with E-state index in [1.807, 2.05) is 23.9 Å². The van der Waals surface area contributed by atoms with Crippen molar-refractivity contribution in [2.45, 2.75) is 6.54 Å². The molecule has 0 aliphatic rings. The fourth-order valence-electron chi connectivity index (χ4n) is 1.57. The first-order valence-electron chi connectivity index (χ1n) is 5.00. The average Bonchev–Trinajstić information content (AvgIpc) is 2.65. The molecule has 0 amide bonds. The Morgan fingerprint density at radius 2 is 2.07 bits per heavy atom. The summed E-state index contributed by atoms with van der Waals surface area (Å²) in [6.45, 7) is 4.65. The van der Waals surface area contributed by atoms with Crippen LogP contribution in [-0.2, 0) is 13.6 Å². The van der Waals surface area contributed by atoms with E-state index in [4.69, 9.17) is 0 Å². The summed E-state index contributed by atoms with van der Waals surface area (Å²) in [6, 6.07) is 8.45. The summed E-state index contributed by atoms with van der Waals surface area (Å²) in [7, 11) is 2.03. The van der Waals surface area contributed by atoms with Gasteiger partial charge in [-0.1, -0.05) is 36.9 Å². The zero-order valence-corrected chi connectivity index (χ0v) is 8.93. The van der Waals surface area contributed by atoms with Crippen LogP contribution in [0.1, 0.15) is 11.1 Å². The van der Waals surface area contributed by atoms with Crippen molar-refractivity contribution in [1.82, 2.24) is 4.57 Å². The number of rotatable bonds is 3. The molecule has 0 spiro atoms. The molecule has 2 nitrogen and oxygen atoms in total. The van der Waals surface area contributed by atoms with E-state index in [0.29, 0.717) is 0 Å². The molecule has 0 aliphatic heterocycles. The minimum atomic E-state index is 0.915. The smallest absolute Gasteiger partial charge is 0.240 e. The lowest BCUT2D eigenvalue weighted by molar-refractivity contribution is -0.671. The van der Waals surface area contributed by atoms with Gasteiger partial charge in [0.15, 0.2) is 0 Å². The number of hydrogen-bond acceptors (Lipinski definition) is 0. The van der Waals surface area contributed by atoms with E-state index in [-0.39, 0.29) is 0 Å². The molecule has 1 heterocycles. The van der Waals surface area contributed by atoms with Crippen LogP contribution in [0.5, 0.6) is 0 Å². The van der Waals surface area contributed by atoms with Gasteiger partial charge in [-0.15, -0.1) is 0 Å². The third-order valence-corrected chi connectivity index (χ3v) is 2.40. The molecule has 15 heavy (non-hydrogen) atoms. The minimum absolute atomic E-state index is 0.915. The summed E-state index contributed by atoms with van der Waals surface area (Å²) in [5, 5.41) is 0. The van der Waals surface area contributed by atoms with Gasteiger partial charge in [-0.2, -0.15) is 0 Å². The molecule has 1 aromatic heterocycles. The van der Waals surface area contributed by atoms with Crippen molar-refractivity contribution in [3.05, 3.63) is 60.7 Å². The van der Waals surface area contributed by atoms with Crippen LogP contribution in [0.2, 0.25) is 0 Å². The summed E-state index contributed by atoms with van der Waals surface area (Å²) in [4.78, 5) is 0. The number of hydrogen-bond donors (Lipinski definition) is 0. The van der Waals surface area contributed by atoms with Crippen LogP contribution in [0.25, 0.3) is 6.08 Å². The Labute approximate surface area is 90.1 Å². The van der Waals surface area contributed by atoms with E-state index in [1.54, 1.807) is 0 Å². The minimum Gasteiger partial charge on any atom is -0.240 e. The van der Waals surface area contributed by atoms with Crippen LogP contribution in [0.4, 0.5) is 0 Å². The van der Waals surface area contributed by atoms with Gasteiger partial charge in [-0.25, -0.2) is 9.13 Å². The number of aryl methyl sites for hydroxylation is 1. The Balaban J connectivity index is 2.14. The van der Waals surface area contributed by atoms with Gasteiger partial charge < -0.3 is 0 Å². The van der Waals surface area contributed by atoms with Gasteiger partial charge in [0.1, 0.15) is 18.9 Å². The molecule has 0 fully saturated rings. The molecule has 0 aliphatic carbocycles. The van der Waals surface area contributed by atoms with Gasteiger partial charge in [0.05, 0.1) is 7.05 Å². The highest BCUT2D eigenvalue weighted by Gasteiger charge is 2.00. The van der Waals surface area contributed by atoms with E-state index in [9.17, 15) is 0 Å². The van der Waals surface area contributed by atoms with Gasteiger partial charge in [0.2, 0.25) is 6.33 Å². The van der Waals surface area contributed by atoms with Crippen molar-refractivity contribution in [2.75, 3.05) is 0 Å². The second-order valence-electron chi connectivity index (χ2n) is 3.70. The van der Waals surface area contributed by atoms with Crippen LogP contribution >= 0.6 is 0 Å². The topological polar surface area (TPSA) is 8.81 Å². The summed E-state index contributed by atoms with van der Waals surface area (Å²) >= 11 is 0. The molecule has 0 bridgehead atoms. The summed E-state index contributed by atoms with van der Waals surface area (Å²) < 4.78 is 4.20. The summed E-state index contributed by atoms with van der Waals surface area (Å²) in [5.74, 6) is 0. The van der Waals surface area contributed by atoms with Crippen molar-refractivity contribution < 1.29 is 4.57 Å². The normalized spacial score (nSPS) is 10.2. The average molecular weight is 199 g/mol. The molecular formula is C13H15N2+. The Kier molecular flexibility index (Phi) is 2.68. The summed E-state index contributed by atoms with van der Waals surface area (Å²) in [6.07, 6.45) is 8.04. The third kappa shape index (κ3) is 2.34. The number of benzene rings is 1. The van der Waals surface area contributed by atoms with Crippen molar-refractivity contribution in [1.29, 1.82) is 0 Å².